The van der Waals surface area contributed by atoms with Gasteiger partial charge in [0.2, 0.25) is 11.9 Å². The molecule has 182 valence electrons. The van der Waals surface area contributed by atoms with Crippen molar-refractivity contribution >= 4 is 34.3 Å². The highest BCUT2D eigenvalue weighted by Crippen LogP contribution is 2.31. The summed E-state index contributed by atoms with van der Waals surface area (Å²) in [6.45, 7) is 0.342. The summed E-state index contributed by atoms with van der Waals surface area (Å²) < 4.78 is 12.0. The molecule has 0 aliphatic heterocycles. The molecule has 0 radical (unpaired) electrons. The summed E-state index contributed by atoms with van der Waals surface area (Å²) in [7, 11) is 4.78. The van der Waals surface area contributed by atoms with Gasteiger partial charge in [-0.3, -0.25) is 14.2 Å². The lowest BCUT2D eigenvalue weighted by Crippen LogP contribution is -2.27. The van der Waals surface area contributed by atoms with Crippen LogP contribution in [0.15, 0.2) is 65.6 Å². The predicted octanol–water partition coefficient (Wildman–Crippen LogP) is 3.51. The fourth-order valence-corrected chi connectivity index (χ4v) is 3.72. The first-order chi connectivity index (χ1) is 17.5. The van der Waals surface area contributed by atoms with Crippen molar-refractivity contribution in [1.29, 1.82) is 0 Å². The van der Waals surface area contributed by atoms with Crippen molar-refractivity contribution in [2.45, 2.75) is 6.42 Å². The second-order valence-corrected chi connectivity index (χ2v) is 7.85. The van der Waals surface area contributed by atoms with E-state index in [0.717, 1.165) is 0 Å². The first-order valence-electron chi connectivity index (χ1n) is 11.1. The highest BCUT2D eigenvalue weighted by molar-refractivity contribution is 5.93. The predicted molar refractivity (Wildman–Crippen MR) is 139 cm³/mol. The van der Waals surface area contributed by atoms with Crippen LogP contribution in [-0.2, 0) is 9.53 Å². The third-order valence-corrected chi connectivity index (χ3v) is 5.64. The van der Waals surface area contributed by atoms with Crippen molar-refractivity contribution in [2.75, 3.05) is 38.1 Å². The molecule has 36 heavy (non-hydrogen) atoms. The van der Waals surface area contributed by atoms with E-state index in [4.69, 9.17) is 15.9 Å². The first-order valence-corrected chi connectivity index (χ1v) is 11.1. The number of carbonyl (C=O) groups excluding carboxylic acids is 1. The number of carbonyl (C=O) groups is 1. The lowest BCUT2D eigenvalue weighted by Gasteiger charge is -2.19. The molecule has 0 aliphatic carbocycles. The number of para-hydroxylation sites is 1. The van der Waals surface area contributed by atoms with Crippen molar-refractivity contribution in [3.63, 3.8) is 0 Å². The fourth-order valence-electron chi connectivity index (χ4n) is 3.72. The van der Waals surface area contributed by atoms with Gasteiger partial charge >= 0.3 is 0 Å². The van der Waals surface area contributed by atoms with Crippen LogP contribution in [-0.4, -0.2) is 48.3 Å². The Bertz CT molecular complexity index is 1510. The number of fused-ring (bicyclic) bond motifs is 1. The standard InChI is InChI=1S/C27H25N5O4/c1-5-18-15-25(34)32(19-9-7-6-8-10-19)26-21(18)17-28-27(30-26)29-22-12-11-20(16-23(22)36-4)31(2)24(33)13-14-35-3/h1,6-12,15-17H,13-14H2,2-4H3,(H,28,29,30). The summed E-state index contributed by atoms with van der Waals surface area (Å²) in [4.78, 5) is 35.9. The molecule has 0 atom stereocenters. The van der Waals surface area contributed by atoms with E-state index in [1.165, 1.54) is 22.6 Å². The summed E-state index contributed by atoms with van der Waals surface area (Å²) in [6.07, 6.45) is 7.49. The van der Waals surface area contributed by atoms with Gasteiger partial charge in [0.25, 0.3) is 5.56 Å². The third kappa shape index (κ3) is 4.89. The Kier molecular flexibility index (Phi) is 7.28. The number of rotatable bonds is 8. The monoisotopic (exact) mass is 483 g/mol. The van der Waals surface area contributed by atoms with Gasteiger partial charge in [-0.1, -0.05) is 24.1 Å². The molecule has 1 N–H and O–H groups in total. The minimum atomic E-state index is -0.297. The number of anilines is 3. The van der Waals surface area contributed by atoms with E-state index in [-0.39, 0.29) is 23.8 Å². The quantitative estimate of drug-likeness (QED) is 0.383. The maximum atomic E-state index is 12.9. The smallest absolute Gasteiger partial charge is 0.258 e. The number of benzene rings is 2. The van der Waals surface area contributed by atoms with Gasteiger partial charge in [-0.05, 0) is 24.3 Å². The van der Waals surface area contributed by atoms with Crippen molar-refractivity contribution in [3.8, 4) is 23.8 Å². The molecule has 9 nitrogen and oxygen atoms in total. The van der Waals surface area contributed by atoms with E-state index >= 15 is 0 Å². The zero-order valence-electron chi connectivity index (χ0n) is 20.2. The van der Waals surface area contributed by atoms with Gasteiger partial charge in [-0.25, -0.2) is 4.98 Å². The first kappa shape index (κ1) is 24.4. The zero-order chi connectivity index (χ0) is 25.7. The Hall–Kier alpha value is -4.68. The fraction of sp³-hybridized carbons (Fsp3) is 0.185. The van der Waals surface area contributed by atoms with Gasteiger partial charge in [0, 0.05) is 43.7 Å². The molecule has 0 bridgehead atoms. The number of nitrogens with zero attached hydrogens (tertiary/aromatic N) is 4. The molecule has 1 amide bonds. The molecule has 9 heteroatoms. The van der Waals surface area contributed by atoms with Gasteiger partial charge in [-0.15, -0.1) is 6.42 Å². The van der Waals surface area contributed by atoms with Crippen LogP contribution in [0.25, 0.3) is 16.7 Å². The molecule has 0 saturated carbocycles. The number of hydrogen-bond donors (Lipinski definition) is 1. The highest BCUT2D eigenvalue weighted by Gasteiger charge is 2.16. The van der Waals surface area contributed by atoms with Crippen LogP contribution in [0.2, 0.25) is 0 Å². The molecule has 0 aliphatic rings. The summed E-state index contributed by atoms with van der Waals surface area (Å²) in [5, 5.41) is 3.72. The second kappa shape index (κ2) is 10.7. The molecule has 2 aromatic heterocycles. The van der Waals surface area contributed by atoms with Gasteiger partial charge < -0.3 is 19.7 Å². The zero-order valence-corrected chi connectivity index (χ0v) is 20.2. The Labute approximate surface area is 208 Å². The number of amides is 1. The van der Waals surface area contributed by atoms with Gasteiger partial charge in [0.15, 0.2) is 5.65 Å². The molecule has 4 aromatic rings. The average Bonchev–Trinajstić information content (AvgIpc) is 2.91. The van der Waals surface area contributed by atoms with Crippen LogP contribution in [0.5, 0.6) is 5.75 Å². The van der Waals surface area contributed by atoms with E-state index in [0.29, 0.717) is 46.0 Å². The minimum absolute atomic E-state index is 0.0827. The summed E-state index contributed by atoms with van der Waals surface area (Å²) >= 11 is 0. The molecule has 0 saturated heterocycles. The lowest BCUT2D eigenvalue weighted by atomic mass is 10.2. The van der Waals surface area contributed by atoms with E-state index in [2.05, 4.69) is 21.2 Å². The number of nitrogens with one attached hydrogen (secondary N) is 1. The summed E-state index contributed by atoms with van der Waals surface area (Å²) in [5.41, 5.74) is 2.39. The maximum absolute atomic E-state index is 12.9. The normalized spacial score (nSPS) is 10.6. The minimum Gasteiger partial charge on any atom is -0.494 e. The van der Waals surface area contributed by atoms with Crippen molar-refractivity contribution in [1.82, 2.24) is 14.5 Å². The van der Waals surface area contributed by atoms with Crippen LogP contribution in [0.1, 0.15) is 12.0 Å². The van der Waals surface area contributed by atoms with Gasteiger partial charge in [0.1, 0.15) is 5.75 Å². The van der Waals surface area contributed by atoms with Crippen LogP contribution in [0.3, 0.4) is 0 Å². The summed E-state index contributed by atoms with van der Waals surface area (Å²) in [5.74, 6) is 3.19. The van der Waals surface area contributed by atoms with Crippen LogP contribution < -0.4 is 20.5 Å². The van der Waals surface area contributed by atoms with Crippen molar-refractivity contribution in [2.24, 2.45) is 0 Å². The number of ether oxygens (including phenoxy) is 2. The lowest BCUT2D eigenvalue weighted by molar-refractivity contribution is -0.119. The van der Waals surface area contributed by atoms with Crippen molar-refractivity contribution in [3.05, 3.63) is 76.7 Å². The van der Waals surface area contributed by atoms with Crippen LogP contribution >= 0.6 is 0 Å². The Balaban J connectivity index is 1.73. The van der Waals surface area contributed by atoms with E-state index in [9.17, 15) is 9.59 Å². The number of methoxy groups -OCH3 is 2. The van der Waals surface area contributed by atoms with E-state index < -0.39 is 0 Å². The Morgan fingerprint density at radius 3 is 2.64 bits per heavy atom. The largest absolute Gasteiger partial charge is 0.494 e. The van der Waals surface area contributed by atoms with Gasteiger partial charge in [-0.2, -0.15) is 4.98 Å². The molecule has 0 spiro atoms. The number of terminal acetylenes is 1. The molecular formula is C27H25N5O4. The average molecular weight is 484 g/mol. The van der Waals surface area contributed by atoms with Crippen LogP contribution in [0.4, 0.5) is 17.3 Å². The molecule has 0 unspecified atom stereocenters. The third-order valence-electron chi connectivity index (χ3n) is 5.64. The molecule has 2 aromatic carbocycles. The van der Waals surface area contributed by atoms with E-state index in [1.54, 1.807) is 38.6 Å². The number of hydrogen-bond acceptors (Lipinski definition) is 7. The maximum Gasteiger partial charge on any atom is 0.258 e. The van der Waals surface area contributed by atoms with Crippen molar-refractivity contribution < 1.29 is 14.3 Å². The van der Waals surface area contributed by atoms with Gasteiger partial charge in [0.05, 0.1) is 36.9 Å². The topological polar surface area (TPSA) is 98.6 Å². The summed E-state index contributed by atoms with van der Waals surface area (Å²) in [6, 6.07) is 15.9. The SMILES string of the molecule is C#Cc1cc(=O)n(-c2ccccc2)c2nc(Nc3ccc(N(C)C(=O)CCOC)cc3OC)ncc12. The second-order valence-electron chi connectivity index (χ2n) is 7.85. The number of aromatic nitrogens is 3. The van der Waals surface area contributed by atoms with Crippen LogP contribution in [0, 0.1) is 12.3 Å². The Morgan fingerprint density at radius 2 is 1.94 bits per heavy atom. The molecule has 4 rings (SSSR count). The molecular weight excluding hydrogens is 458 g/mol. The number of pyridine rings is 1. The highest BCUT2D eigenvalue weighted by atomic mass is 16.5. The van der Waals surface area contributed by atoms with E-state index in [1.807, 2.05) is 30.3 Å². The molecule has 0 fully saturated rings. The Morgan fingerprint density at radius 1 is 1.17 bits per heavy atom. The molecule has 2 heterocycles.